The number of aromatic nitrogens is 2. The third-order valence-electron chi connectivity index (χ3n) is 2.57. The van der Waals surface area contributed by atoms with Crippen LogP contribution < -0.4 is 5.32 Å². The quantitative estimate of drug-likeness (QED) is 0.767. The van der Waals surface area contributed by atoms with E-state index in [2.05, 4.69) is 32.4 Å². The summed E-state index contributed by atoms with van der Waals surface area (Å²) >= 11 is 1.79. The van der Waals surface area contributed by atoms with Crippen molar-refractivity contribution >= 4 is 11.3 Å². The first-order chi connectivity index (χ1) is 6.95. The molecule has 0 saturated heterocycles. The lowest BCUT2D eigenvalue weighted by molar-refractivity contribution is 0.471. The number of nitrogens with one attached hydrogen (secondary N) is 1. The van der Waals surface area contributed by atoms with Crippen molar-refractivity contribution < 1.29 is 0 Å². The van der Waals surface area contributed by atoms with E-state index in [9.17, 15) is 0 Å². The molecule has 1 aliphatic rings. The molecule has 1 aliphatic heterocycles. The van der Waals surface area contributed by atoms with Gasteiger partial charge in [0, 0.05) is 18.0 Å². The van der Waals surface area contributed by atoms with E-state index in [0.717, 1.165) is 13.1 Å². The van der Waals surface area contributed by atoms with Crippen LogP contribution in [0.4, 0.5) is 0 Å². The summed E-state index contributed by atoms with van der Waals surface area (Å²) < 4.78 is 2.22. The maximum atomic E-state index is 4.19. The van der Waals surface area contributed by atoms with Crippen LogP contribution in [0.3, 0.4) is 0 Å². The molecule has 2 aromatic heterocycles. The molecule has 0 radical (unpaired) electrons. The molecule has 0 bridgehead atoms. The van der Waals surface area contributed by atoms with E-state index in [1.165, 1.54) is 10.6 Å². The van der Waals surface area contributed by atoms with Gasteiger partial charge >= 0.3 is 0 Å². The van der Waals surface area contributed by atoms with E-state index >= 15 is 0 Å². The summed E-state index contributed by atoms with van der Waals surface area (Å²) in [5, 5.41) is 5.63. The fourth-order valence-electron chi connectivity index (χ4n) is 1.89. The summed E-state index contributed by atoms with van der Waals surface area (Å²) in [5.41, 5.74) is 1.28. The van der Waals surface area contributed by atoms with Crippen molar-refractivity contribution in [3.63, 3.8) is 0 Å². The van der Waals surface area contributed by atoms with E-state index < -0.39 is 0 Å². The first-order valence-electron chi connectivity index (χ1n) is 4.72. The monoisotopic (exact) mass is 205 g/mol. The standard InChI is InChI=1S/C10H11N3S/c1-2-9(14-5-1)10-8-6-11-7-13(8)4-3-12-10/h1-2,5-7,10,12H,3-4H2. The Balaban J connectivity index is 2.04. The van der Waals surface area contributed by atoms with E-state index in [0.29, 0.717) is 6.04 Å². The summed E-state index contributed by atoms with van der Waals surface area (Å²) in [6, 6.07) is 4.60. The molecule has 72 valence electrons. The number of hydrogen-bond acceptors (Lipinski definition) is 3. The maximum Gasteiger partial charge on any atom is 0.0949 e. The van der Waals surface area contributed by atoms with Gasteiger partial charge in [0.1, 0.15) is 0 Å². The van der Waals surface area contributed by atoms with Gasteiger partial charge in [-0.1, -0.05) is 6.07 Å². The van der Waals surface area contributed by atoms with Gasteiger partial charge in [-0.15, -0.1) is 11.3 Å². The van der Waals surface area contributed by atoms with Gasteiger partial charge in [-0.05, 0) is 11.4 Å². The van der Waals surface area contributed by atoms with Gasteiger partial charge in [0.2, 0.25) is 0 Å². The lowest BCUT2D eigenvalue weighted by atomic mass is 10.1. The first kappa shape index (κ1) is 8.20. The van der Waals surface area contributed by atoms with Crippen LogP contribution in [0.15, 0.2) is 30.0 Å². The third kappa shape index (κ3) is 1.19. The number of imidazole rings is 1. The molecule has 3 nitrogen and oxygen atoms in total. The van der Waals surface area contributed by atoms with Crippen molar-refractivity contribution in [2.45, 2.75) is 12.6 Å². The molecule has 0 amide bonds. The fraction of sp³-hybridized carbons (Fsp3) is 0.300. The smallest absolute Gasteiger partial charge is 0.0949 e. The Morgan fingerprint density at radius 2 is 2.57 bits per heavy atom. The van der Waals surface area contributed by atoms with E-state index in [1.807, 2.05) is 12.5 Å². The predicted molar refractivity (Wildman–Crippen MR) is 56.4 cm³/mol. The highest BCUT2D eigenvalue weighted by atomic mass is 32.1. The van der Waals surface area contributed by atoms with Crippen molar-refractivity contribution in [3.05, 3.63) is 40.6 Å². The lowest BCUT2D eigenvalue weighted by Gasteiger charge is -2.24. The molecule has 14 heavy (non-hydrogen) atoms. The van der Waals surface area contributed by atoms with Crippen molar-refractivity contribution in [1.29, 1.82) is 0 Å². The number of nitrogens with zero attached hydrogens (tertiary/aromatic N) is 2. The molecule has 1 N–H and O–H groups in total. The van der Waals surface area contributed by atoms with Gasteiger partial charge in [0.05, 0.1) is 24.3 Å². The summed E-state index contributed by atoms with van der Waals surface area (Å²) in [7, 11) is 0. The molecule has 0 spiro atoms. The van der Waals surface area contributed by atoms with Crippen molar-refractivity contribution in [1.82, 2.24) is 14.9 Å². The summed E-state index contributed by atoms with van der Waals surface area (Å²) in [6.45, 7) is 2.04. The topological polar surface area (TPSA) is 29.9 Å². The largest absolute Gasteiger partial charge is 0.332 e. The molecule has 0 aliphatic carbocycles. The Hall–Kier alpha value is -1.13. The minimum absolute atomic E-state index is 0.339. The molecule has 2 aromatic rings. The normalized spacial score (nSPS) is 20.7. The molecular formula is C10H11N3S. The zero-order valence-electron chi connectivity index (χ0n) is 7.68. The highest BCUT2D eigenvalue weighted by Crippen LogP contribution is 2.27. The second-order valence-electron chi connectivity index (χ2n) is 3.41. The molecule has 3 heterocycles. The number of rotatable bonds is 1. The van der Waals surface area contributed by atoms with Crippen molar-refractivity contribution in [3.8, 4) is 0 Å². The Kier molecular flexibility index (Phi) is 1.89. The number of thiophene rings is 1. The number of hydrogen-bond donors (Lipinski definition) is 1. The van der Waals surface area contributed by atoms with E-state index in [-0.39, 0.29) is 0 Å². The Morgan fingerprint density at radius 1 is 1.57 bits per heavy atom. The molecule has 1 unspecified atom stereocenters. The third-order valence-corrected chi connectivity index (χ3v) is 3.51. The van der Waals surface area contributed by atoms with Crippen LogP contribution in [0.25, 0.3) is 0 Å². The van der Waals surface area contributed by atoms with E-state index in [1.54, 1.807) is 11.3 Å². The van der Waals surface area contributed by atoms with Crippen LogP contribution in [-0.2, 0) is 6.54 Å². The summed E-state index contributed by atoms with van der Waals surface area (Å²) in [6.07, 6.45) is 3.87. The van der Waals surface area contributed by atoms with Gasteiger partial charge < -0.3 is 9.88 Å². The number of fused-ring (bicyclic) bond motifs is 1. The molecule has 1 atom stereocenters. The zero-order valence-corrected chi connectivity index (χ0v) is 8.50. The molecule has 0 aromatic carbocycles. The zero-order chi connectivity index (χ0) is 9.38. The fourth-order valence-corrected chi connectivity index (χ4v) is 2.71. The van der Waals surface area contributed by atoms with Gasteiger partial charge in [0.15, 0.2) is 0 Å². The maximum absolute atomic E-state index is 4.19. The average Bonchev–Trinajstić information content (AvgIpc) is 2.88. The summed E-state index contributed by atoms with van der Waals surface area (Å²) in [4.78, 5) is 5.56. The molecule has 0 saturated carbocycles. The Labute approximate surface area is 86.4 Å². The van der Waals surface area contributed by atoms with Crippen LogP contribution in [0.1, 0.15) is 16.6 Å². The van der Waals surface area contributed by atoms with Crippen LogP contribution in [0.5, 0.6) is 0 Å². The molecule has 0 fully saturated rings. The SMILES string of the molecule is c1csc(C2NCCn3cncc32)c1. The van der Waals surface area contributed by atoms with Crippen LogP contribution in [0.2, 0.25) is 0 Å². The highest BCUT2D eigenvalue weighted by Gasteiger charge is 2.21. The van der Waals surface area contributed by atoms with Crippen LogP contribution >= 0.6 is 11.3 Å². The summed E-state index contributed by atoms with van der Waals surface area (Å²) in [5.74, 6) is 0. The van der Waals surface area contributed by atoms with Crippen molar-refractivity contribution in [2.24, 2.45) is 0 Å². The molecule has 4 heteroatoms. The predicted octanol–water partition coefficient (Wildman–Crippen LogP) is 1.64. The lowest BCUT2D eigenvalue weighted by Crippen LogP contribution is -2.32. The van der Waals surface area contributed by atoms with Crippen LogP contribution in [0, 0.1) is 0 Å². The minimum atomic E-state index is 0.339. The molecule has 3 rings (SSSR count). The van der Waals surface area contributed by atoms with Crippen LogP contribution in [-0.4, -0.2) is 16.1 Å². The van der Waals surface area contributed by atoms with Gasteiger partial charge in [-0.2, -0.15) is 0 Å². The second-order valence-corrected chi connectivity index (χ2v) is 4.39. The van der Waals surface area contributed by atoms with Crippen molar-refractivity contribution in [2.75, 3.05) is 6.54 Å². The second kappa shape index (κ2) is 3.22. The van der Waals surface area contributed by atoms with Gasteiger partial charge in [-0.25, -0.2) is 4.98 Å². The molecular weight excluding hydrogens is 194 g/mol. The Bertz CT molecular complexity index is 418. The minimum Gasteiger partial charge on any atom is -0.332 e. The van der Waals surface area contributed by atoms with Gasteiger partial charge in [-0.3, -0.25) is 0 Å². The highest BCUT2D eigenvalue weighted by molar-refractivity contribution is 7.10. The average molecular weight is 205 g/mol. The van der Waals surface area contributed by atoms with E-state index in [4.69, 9.17) is 0 Å². The first-order valence-corrected chi connectivity index (χ1v) is 5.60. The Morgan fingerprint density at radius 3 is 3.43 bits per heavy atom. The van der Waals surface area contributed by atoms with Gasteiger partial charge in [0.25, 0.3) is 0 Å².